The minimum absolute atomic E-state index is 0.0833. The zero-order valence-corrected chi connectivity index (χ0v) is 17.6. The molecule has 1 aromatic rings. The molecule has 0 saturated carbocycles. The second kappa shape index (κ2) is 31.5. The minimum Gasteiger partial charge on any atom is -0.400 e. The molecule has 0 aliphatic rings. The van der Waals surface area contributed by atoms with Gasteiger partial charge in [-0.3, -0.25) is 0 Å². The second-order valence-electron chi connectivity index (χ2n) is 5.70. The number of hydrogen-bond donors (Lipinski definition) is 6. The van der Waals surface area contributed by atoms with Gasteiger partial charge in [-0.15, -0.1) is 6.58 Å². The van der Waals surface area contributed by atoms with E-state index < -0.39 is 5.60 Å². The zero-order valence-electron chi connectivity index (χ0n) is 17.6. The monoisotopic (exact) mass is 378 g/mol. The summed E-state index contributed by atoms with van der Waals surface area (Å²) in [4.78, 5) is 0. The van der Waals surface area contributed by atoms with E-state index in [0.29, 0.717) is 0 Å². The van der Waals surface area contributed by atoms with Crippen LogP contribution in [0.15, 0.2) is 43.0 Å². The van der Waals surface area contributed by atoms with Gasteiger partial charge in [0.1, 0.15) is 0 Å². The number of aliphatic hydroxyl groups is 6. The van der Waals surface area contributed by atoms with Crippen molar-refractivity contribution in [2.45, 2.75) is 59.9 Å². The summed E-state index contributed by atoms with van der Waals surface area (Å²) in [7, 11) is 1.00. The summed E-state index contributed by atoms with van der Waals surface area (Å²) in [5.41, 5.74) is 0.465. The molecule has 0 spiro atoms. The highest BCUT2D eigenvalue weighted by atomic mass is 16.3. The Morgan fingerprint density at radius 2 is 1.23 bits per heavy atom. The van der Waals surface area contributed by atoms with Gasteiger partial charge in [0.05, 0.1) is 18.8 Å². The molecule has 1 aromatic carbocycles. The van der Waals surface area contributed by atoms with Gasteiger partial charge in [0, 0.05) is 19.8 Å². The van der Waals surface area contributed by atoms with Crippen molar-refractivity contribution >= 4 is 0 Å². The van der Waals surface area contributed by atoms with E-state index in [2.05, 4.69) is 6.58 Å². The molecule has 1 rings (SSSR count). The summed E-state index contributed by atoms with van der Waals surface area (Å²) in [6, 6.07) is 9.52. The molecular weight excluding hydrogens is 336 g/mol. The number of rotatable bonds is 2. The molecule has 0 heterocycles. The largest absolute Gasteiger partial charge is 0.400 e. The van der Waals surface area contributed by atoms with Crippen molar-refractivity contribution in [3.63, 3.8) is 0 Å². The first-order valence-electron chi connectivity index (χ1n) is 8.32. The Balaban J connectivity index is -0.0000000725. The maximum Gasteiger partial charge on any atom is 0.0681 e. The van der Waals surface area contributed by atoms with Crippen molar-refractivity contribution < 1.29 is 30.6 Å². The van der Waals surface area contributed by atoms with Crippen LogP contribution in [0.4, 0.5) is 0 Å². The van der Waals surface area contributed by atoms with Gasteiger partial charge in [0.25, 0.3) is 0 Å². The fraction of sp³-hybridized carbons (Fsp3) is 0.600. The third-order valence-corrected chi connectivity index (χ3v) is 1.15. The van der Waals surface area contributed by atoms with E-state index >= 15 is 0 Å². The molecule has 26 heavy (non-hydrogen) atoms. The van der Waals surface area contributed by atoms with Crippen LogP contribution in [0.1, 0.15) is 47.1 Å². The average Bonchev–Trinajstić information content (AvgIpc) is 2.56. The Kier molecular flexibility index (Phi) is 43.3. The van der Waals surface area contributed by atoms with Crippen molar-refractivity contribution in [3.8, 4) is 0 Å². The fourth-order valence-corrected chi connectivity index (χ4v) is 0.583. The van der Waals surface area contributed by atoms with Crippen molar-refractivity contribution in [2.24, 2.45) is 0 Å². The Morgan fingerprint density at radius 1 is 1.00 bits per heavy atom. The van der Waals surface area contributed by atoms with E-state index in [4.69, 9.17) is 30.6 Å². The topological polar surface area (TPSA) is 121 Å². The number of aliphatic hydroxyl groups excluding tert-OH is 5. The van der Waals surface area contributed by atoms with Gasteiger partial charge in [-0.25, -0.2) is 0 Å². The van der Waals surface area contributed by atoms with Gasteiger partial charge in [-0.2, -0.15) is 0 Å². The summed E-state index contributed by atoms with van der Waals surface area (Å²) in [6.07, 6.45) is 1.26. The molecule has 0 atom stereocenters. The third-order valence-electron chi connectivity index (χ3n) is 1.15. The highest BCUT2D eigenvalue weighted by Gasteiger charge is 1.97. The van der Waals surface area contributed by atoms with Crippen LogP contribution < -0.4 is 0 Å². The van der Waals surface area contributed by atoms with Gasteiger partial charge in [0.15, 0.2) is 0 Å². The third kappa shape index (κ3) is 113. The molecular formula is C20H42O6. The predicted molar refractivity (Wildman–Crippen MR) is 110 cm³/mol. The Labute approximate surface area is 160 Å². The Hall–Kier alpha value is -1.28. The smallest absolute Gasteiger partial charge is 0.0681 e. The van der Waals surface area contributed by atoms with Crippen molar-refractivity contribution in [3.05, 3.63) is 48.6 Å². The SMILES string of the molecule is C=CCO.CC(C)(C)O.CC(C)O.CCO.CO.OCc1ccccc1. The zero-order chi connectivity index (χ0) is 22.0. The van der Waals surface area contributed by atoms with E-state index in [1.54, 1.807) is 41.5 Å². The van der Waals surface area contributed by atoms with E-state index in [0.717, 1.165) is 12.7 Å². The van der Waals surface area contributed by atoms with E-state index in [-0.39, 0.29) is 25.9 Å². The summed E-state index contributed by atoms with van der Waals surface area (Å²) in [6.45, 7) is 14.1. The quantitative estimate of drug-likeness (QED) is 0.438. The first-order valence-corrected chi connectivity index (χ1v) is 8.32. The van der Waals surface area contributed by atoms with Crippen LogP contribution in [-0.4, -0.2) is 62.7 Å². The number of hydrogen-bond acceptors (Lipinski definition) is 6. The molecule has 0 fully saturated rings. The lowest BCUT2D eigenvalue weighted by atomic mass is 10.2. The molecule has 6 nitrogen and oxygen atoms in total. The summed E-state index contributed by atoms with van der Waals surface area (Å²) in [5.74, 6) is 0. The highest BCUT2D eigenvalue weighted by molar-refractivity contribution is 5.12. The first-order chi connectivity index (χ1) is 12.0. The van der Waals surface area contributed by atoms with Crippen molar-refractivity contribution in [1.29, 1.82) is 0 Å². The lowest BCUT2D eigenvalue weighted by Gasteiger charge is -2.04. The molecule has 6 N–H and O–H groups in total. The normalized spacial score (nSPS) is 8.38. The Morgan fingerprint density at radius 3 is 1.35 bits per heavy atom. The fourth-order valence-electron chi connectivity index (χ4n) is 0.583. The minimum atomic E-state index is -0.500. The molecule has 0 amide bonds. The molecule has 6 heteroatoms. The lowest BCUT2D eigenvalue weighted by Crippen LogP contribution is -2.10. The van der Waals surface area contributed by atoms with Crippen LogP contribution in [0.25, 0.3) is 0 Å². The van der Waals surface area contributed by atoms with Gasteiger partial charge in [-0.1, -0.05) is 36.4 Å². The predicted octanol–water partition coefficient (Wildman–Crippen LogP) is 2.11. The summed E-state index contributed by atoms with van der Waals surface area (Å²) >= 11 is 0. The molecule has 0 aromatic heterocycles. The highest BCUT2D eigenvalue weighted by Crippen LogP contribution is 1.95. The van der Waals surface area contributed by atoms with E-state index in [1.165, 1.54) is 6.08 Å². The molecule has 0 saturated heterocycles. The van der Waals surface area contributed by atoms with Crippen LogP contribution in [0, 0.1) is 0 Å². The van der Waals surface area contributed by atoms with E-state index in [1.807, 2.05) is 30.3 Å². The van der Waals surface area contributed by atoms with Crippen LogP contribution in [-0.2, 0) is 6.61 Å². The Bertz CT molecular complexity index is 312. The van der Waals surface area contributed by atoms with Crippen molar-refractivity contribution in [2.75, 3.05) is 20.3 Å². The summed E-state index contributed by atoms with van der Waals surface area (Å²) < 4.78 is 0. The van der Waals surface area contributed by atoms with E-state index in [9.17, 15) is 0 Å². The molecule has 158 valence electrons. The molecule has 0 bridgehead atoms. The molecule has 0 radical (unpaired) electrons. The summed E-state index contributed by atoms with van der Waals surface area (Å²) in [5, 5.41) is 47.4. The maximum absolute atomic E-state index is 8.54. The second-order valence-corrected chi connectivity index (χ2v) is 5.70. The van der Waals surface area contributed by atoms with Crippen LogP contribution in [0.5, 0.6) is 0 Å². The standard InChI is InChI=1S/C7H8O.C4H10O.C3H8O.C3H6O.C2H6O.CH4O/c8-6-7-4-2-1-3-5-7;1-4(2,3)5;1-3(2)4;1-2-3-4;1-2-3;1-2/h1-5,8H,6H2;5H,1-3H3;3-4H,1-2H3;2,4H,1,3H2;3H,2H2,1H3;2H,1H3. The first kappa shape index (κ1) is 35.8. The maximum atomic E-state index is 8.54. The molecule has 0 aliphatic heterocycles. The van der Waals surface area contributed by atoms with Gasteiger partial charge in [-0.05, 0) is 47.1 Å². The van der Waals surface area contributed by atoms with Gasteiger partial charge >= 0.3 is 0 Å². The van der Waals surface area contributed by atoms with Crippen LogP contribution in [0.3, 0.4) is 0 Å². The van der Waals surface area contributed by atoms with Crippen LogP contribution in [0.2, 0.25) is 0 Å². The van der Waals surface area contributed by atoms with Gasteiger partial charge in [0.2, 0.25) is 0 Å². The lowest BCUT2D eigenvalue weighted by molar-refractivity contribution is 0.102. The average molecular weight is 379 g/mol. The molecule has 0 unspecified atom stereocenters. The van der Waals surface area contributed by atoms with Gasteiger partial charge < -0.3 is 30.6 Å². The van der Waals surface area contributed by atoms with Crippen LogP contribution >= 0.6 is 0 Å². The number of benzene rings is 1. The molecule has 0 aliphatic carbocycles. The van der Waals surface area contributed by atoms with Crippen molar-refractivity contribution in [1.82, 2.24) is 0 Å².